The highest BCUT2D eigenvalue weighted by Gasteiger charge is 1.99. The molecular weight excluding hydrogens is 222 g/mol. The van der Waals surface area contributed by atoms with Crippen LogP contribution in [-0.4, -0.2) is 24.3 Å². The molecule has 1 heterocycles. The Hall–Kier alpha value is -0.160. The van der Waals surface area contributed by atoms with Gasteiger partial charge in [-0.15, -0.1) is 11.3 Å². The Morgan fingerprint density at radius 1 is 1.50 bits per heavy atom. The van der Waals surface area contributed by atoms with Gasteiger partial charge in [-0.2, -0.15) is 0 Å². The van der Waals surface area contributed by atoms with E-state index in [-0.39, 0.29) is 6.10 Å². The minimum atomic E-state index is 0.261. The first-order valence-corrected chi connectivity index (χ1v) is 5.67. The molecule has 0 saturated heterocycles. The van der Waals surface area contributed by atoms with Crippen LogP contribution < -0.4 is 0 Å². The summed E-state index contributed by atoms with van der Waals surface area (Å²) in [6.45, 7) is 5.80. The molecule has 0 N–H and O–H groups in total. The highest BCUT2D eigenvalue weighted by Crippen LogP contribution is 2.18. The highest BCUT2D eigenvalue weighted by molar-refractivity contribution is 7.15. The van der Waals surface area contributed by atoms with Crippen molar-refractivity contribution >= 4 is 22.9 Å². The number of halogens is 1. The minimum absolute atomic E-state index is 0.261. The molecule has 3 nitrogen and oxygen atoms in total. The second-order valence-corrected chi connectivity index (χ2v) is 4.75. The second kappa shape index (κ2) is 6.35. The summed E-state index contributed by atoms with van der Waals surface area (Å²) in [5.74, 6) is 0. The van der Waals surface area contributed by atoms with Crippen LogP contribution in [0.5, 0.6) is 0 Å². The Morgan fingerprint density at radius 3 is 2.86 bits per heavy atom. The largest absolute Gasteiger partial charge is 0.376 e. The number of thiazole rings is 1. The molecule has 0 atom stereocenters. The Bertz CT molecular complexity index is 265. The van der Waals surface area contributed by atoms with E-state index in [0.717, 1.165) is 4.88 Å². The van der Waals surface area contributed by atoms with Gasteiger partial charge in [0.2, 0.25) is 0 Å². The molecule has 1 aromatic heterocycles. The molecule has 0 saturated carbocycles. The Labute approximate surface area is 93.0 Å². The number of rotatable bonds is 6. The van der Waals surface area contributed by atoms with Crippen LogP contribution in [0.4, 0.5) is 0 Å². The monoisotopic (exact) mass is 235 g/mol. The number of hydrogen-bond acceptors (Lipinski definition) is 4. The summed E-state index contributed by atoms with van der Waals surface area (Å²) in [5.41, 5.74) is 0. The third-order valence-electron chi connectivity index (χ3n) is 1.45. The molecule has 5 heteroatoms. The van der Waals surface area contributed by atoms with Crippen LogP contribution in [0.2, 0.25) is 4.47 Å². The van der Waals surface area contributed by atoms with Gasteiger partial charge < -0.3 is 9.47 Å². The molecule has 0 spiro atoms. The van der Waals surface area contributed by atoms with Crippen LogP contribution in [-0.2, 0) is 16.1 Å². The van der Waals surface area contributed by atoms with Crippen LogP contribution in [0.25, 0.3) is 0 Å². The van der Waals surface area contributed by atoms with Gasteiger partial charge in [0, 0.05) is 6.20 Å². The van der Waals surface area contributed by atoms with Gasteiger partial charge in [-0.05, 0) is 13.8 Å². The molecule has 1 rings (SSSR count). The lowest BCUT2D eigenvalue weighted by Gasteiger charge is -2.06. The maximum Gasteiger partial charge on any atom is 0.183 e. The van der Waals surface area contributed by atoms with Crippen molar-refractivity contribution in [2.45, 2.75) is 26.6 Å². The molecule has 0 aliphatic carbocycles. The van der Waals surface area contributed by atoms with Gasteiger partial charge in [0.05, 0.1) is 30.8 Å². The fourth-order valence-electron chi connectivity index (χ4n) is 0.866. The summed E-state index contributed by atoms with van der Waals surface area (Å²) in [5, 5.41) is 0. The molecule has 80 valence electrons. The number of aromatic nitrogens is 1. The SMILES string of the molecule is CC(C)OCCOCc1cnc(Cl)s1. The maximum atomic E-state index is 5.67. The van der Waals surface area contributed by atoms with E-state index in [2.05, 4.69) is 4.98 Å². The van der Waals surface area contributed by atoms with Gasteiger partial charge in [0.25, 0.3) is 0 Å². The van der Waals surface area contributed by atoms with Crippen molar-refractivity contribution in [3.8, 4) is 0 Å². The van der Waals surface area contributed by atoms with E-state index in [1.165, 1.54) is 11.3 Å². The zero-order chi connectivity index (χ0) is 10.4. The average Bonchev–Trinajstić information content (AvgIpc) is 2.50. The first-order chi connectivity index (χ1) is 6.68. The molecule has 0 aromatic carbocycles. The fraction of sp³-hybridized carbons (Fsp3) is 0.667. The standard InChI is InChI=1S/C9H14ClNO2S/c1-7(2)13-4-3-12-6-8-5-11-9(10)14-8/h5,7H,3-4,6H2,1-2H3. The summed E-state index contributed by atoms with van der Waals surface area (Å²) in [6, 6.07) is 0. The summed E-state index contributed by atoms with van der Waals surface area (Å²) in [7, 11) is 0. The number of ether oxygens (including phenoxy) is 2. The van der Waals surface area contributed by atoms with Crippen LogP contribution in [0.3, 0.4) is 0 Å². The topological polar surface area (TPSA) is 31.4 Å². The van der Waals surface area contributed by atoms with Crippen molar-refractivity contribution in [1.29, 1.82) is 0 Å². The predicted molar refractivity (Wildman–Crippen MR) is 57.9 cm³/mol. The van der Waals surface area contributed by atoms with Crippen LogP contribution in [0, 0.1) is 0 Å². The number of hydrogen-bond donors (Lipinski definition) is 0. The Morgan fingerprint density at radius 2 is 2.29 bits per heavy atom. The van der Waals surface area contributed by atoms with Crippen molar-refractivity contribution < 1.29 is 9.47 Å². The molecule has 0 fully saturated rings. The molecule has 0 radical (unpaired) electrons. The van der Waals surface area contributed by atoms with E-state index >= 15 is 0 Å². The third kappa shape index (κ3) is 4.91. The van der Waals surface area contributed by atoms with Crippen LogP contribution in [0.15, 0.2) is 6.20 Å². The van der Waals surface area contributed by atoms with Crippen LogP contribution >= 0.6 is 22.9 Å². The van der Waals surface area contributed by atoms with E-state index in [0.29, 0.717) is 24.3 Å². The predicted octanol–water partition coefficient (Wildman–Crippen LogP) is 2.74. The molecular formula is C9H14ClNO2S. The fourth-order valence-corrected chi connectivity index (χ4v) is 1.78. The molecule has 0 bridgehead atoms. The Balaban J connectivity index is 2.04. The van der Waals surface area contributed by atoms with Crippen molar-refractivity contribution in [3.63, 3.8) is 0 Å². The van der Waals surface area contributed by atoms with Gasteiger partial charge in [-0.3, -0.25) is 0 Å². The molecule has 0 aliphatic rings. The first-order valence-electron chi connectivity index (χ1n) is 4.48. The lowest BCUT2D eigenvalue weighted by atomic mass is 10.5. The molecule has 14 heavy (non-hydrogen) atoms. The lowest BCUT2D eigenvalue weighted by molar-refractivity contribution is 0.0149. The van der Waals surface area contributed by atoms with Gasteiger partial charge in [-0.1, -0.05) is 11.6 Å². The Kier molecular flexibility index (Phi) is 5.40. The van der Waals surface area contributed by atoms with E-state index in [4.69, 9.17) is 21.1 Å². The first kappa shape index (κ1) is 11.9. The van der Waals surface area contributed by atoms with Crippen molar-refractivity contribution in [2.24, 2.45) is 0 Å². The zero-order valence-corrected chi connectivity index (χ0v) is 9.90. The highest BCUT2D eigenvalue weighted by atomic mass is 35.5. The van der Waals surface area contributed by atoms with Gasteiger partial charge >= 0.3 is 0 Å². The lowest BCUT2D eigenvalue weighted by Crippen LogP contribution is -2.09. The minimum Gasteiger partial charge on any atom is -0.376 e. The van der Waals surface area contributed by atoms with E-state index in [1.807, 2.05) is 13.8 Å². The maximum absolute atomic E-state index is 5.67. The zero-order valence-electron chi connectivity index (χ0n) is 8.33. The molecule has 0 aliphatic heterocycles. The summed E-state index contributed by atoms with van der Waals surface area (Å²) < 4.78 is 11.2. The molecule has 0 amide bonds. The molecule has 1 aromatic rings. The van der Waals surface area contributed by atoms with E-state index in [1.54, 1.807) is 6.20 Å². The normalized spacial score (nSPS) is 11.1. The van der Waals surface area contributed by atoms with Gasteiger partial charge in [0.15, 0.2) is 4.47 Å². The average molecular weight is 236 g/mol. The smallest absolute Gasteiger partial charge is 0.183 e. The van der Waals surface area contributed by atoms with Crippen molar-refractivity contribution in [1.82, 2.24) is 4.98 Å². The van der Waals surface area contributed by atoms with E-state index in [9.17, 15) is 0 Å². The quantitative estimate of drug-likeness (QED) is 0.711. The summed E-state index contributed by atoms with van der Waals surface area (Å²) in [6.07, 6.45) is 1.99. The van der Waals surface area contributed by atoms with E-state index < -0.39 is 0 Å². The molecule has 0 unspecified atom stereocenters. The third-order valence-corrected chi connectivity index (χ3v) is 2.54. The summed E-state index contributed by atoms with van der Waals surface area (Å²) in [4.78, 5) is 4.96. The van der Waals surface area contributed by atoms with Gasteiger partial charge in [-0.25, -0.2) is 4.98 Å². The van der Waals surface area contributed by atoms with Gasteiger partial charge in [0.1, 0.15) is 0 Å². The summed E-state index contributed by atoms with van der Waals surface area (Å²) >= 11 is 7.11. The second-order valence-electron chi connectivity index (χ2n) is 3.05. The van der Waals surface area contributed by atoms with Crippen molar-refractivity contribution in [3.05, 3.63) is 15.5 Å². The van der Waals surface area contributed by atoms with Crippen LogP contribution in [0.1, 0.15) is 18.7 Å². The number of nitrogens with zero attached hydrogens (tertiary/aromatic N) is 1. The van der Waals surface area contributed by atoms with Crippen molar-refractivity contribution in [2.75, 3.05) is 13.2 Å².